The Kier molecular flexibility index (Phi) is 4.38. The van der Waals surface area contributed by atoms with Crippen LogP contribution in [-0.4, -0.2) is 47.2 Å². The lowest BCUT2D eigenvalue weighted by atomic mass is 9.81. The summed E-state index contributed by atoms with van der Waals surface area (Å²) in [4.78, 5) is 18.5. The summed E-state index contributed by atoms with van der Waals surface area (Å²) in [6.45, 7) is 3.66. The van der Waals surface area contributed by atoms with Gasteiger partial charge in [0.15, 0.2) is 9.84 Å². The fourth-order valence-electron chi connectivity index (χ4n) is 3.82. The molecule has 0 saturated heterocycles. The number of H-pyrrole nitrogens is 1. The molecule has 1 aliphatic carbocycles. The second-order valence-electron chi connectivity index (χ2n) is 7.34. The molecule has 4 rings (SSSR count). The van der Waals surface area contributed by atoms with Gasteiger partial charge in [0.2, 0.25) is 0 Å². The Morgan fingerprint density at radius 2 is 1.96 bits per heavy atom. The highest BCUT2D eigenvalue weighted by atomic mass is 32.2. The molecule has 1 saturated carbocycles. The van der Waals surface area contributed by atoms with Crippen LogP contribution in [0.3, 0.4) is 0 Å². The van der Waals surface area contributed by atoms with Gasteiger partial charge in [-0.25, -0.2) is 18.4 Å². The molecule has 0 unspecified atom stereocenters. The number of sulfone groups is 1. The average molecular weight is 385 g/mol. The molecule has 3 heterocycles. The predicted octanol–water partition coefficient (Wildman–Crippen LogP) is 2.66. The average Bonchev–Trinajstić information content (AvgIpc) is 3.08. The molecule has 1 N–H and O–H groups in total. The molecule has 1 fully saturated rings. The predicted molar refractivity (Wildman–Crippen MR) is 105 cm³/mol. The first-order valence-electron chi connectivity index (χ1n) is 9.02. The Morgan fingerprint density at radius 3 is 2.74 bits per heavy atom. The van der Waals surface area contributed by atoms with Crippen molar-refractivity contribution < 1.29 is 8.42 Å². The van der Waals surface area contributed by atoms with E-state index in [-0.39, 0.29) is 11.7 Å². The molecule has 7 nitrogen and oxygen atoms in total. The third kappa shape index (κ3) is 3.18. The lowest BCUT2D eigenvalue weighted by molar-refractivity contribution is 0.282. The van der Waals surface area contributed by atoms with Crippen LogP contribution >= 0.6 is 0 Å². The number of anilines is 1. The smallest absolute Gasteiger partial charge is 0.179 e. The molecule has 0 aliphatic heterocycles. The Labute approximate surface area is 158 Å². The van der Waals surface area contributed by atoms with Gasteiger partial charge in [-0.1, -0.05) is 0 Å². The van der Waals surface area contributed by atoms with Gasteiger partial charge in [0.1, 0.15) is 17.8 Å². The maximum absolute atomic E-state index is 12.8. The number of hydrogen-bond acceptors (Lipinski definition) is 6. The van der Waals surface area contributed by atoms with Gasteiger partial charge in [0.25, 0.3) is 0 Å². The van der Waals surface area contributed by atoms with Gasteiger partial charge in [0, 0.05) is 31.2 Å². The van der Waals surface area contributed by atoms with E-state index in [2.05, 4.69) is 24.8 Å². The van der Waals surface area contributed by atoms with Crippen LogP contribution in [0.4, 0.5) is 5.82 Å². The van der Waals surface area contributed by atoms with Gasteiger partial charge in [-0.3, -0.25) is 4.98 Å². The van der Waals surface area contributed by atoms with Gasteiger partial charge < -0.3 is 9.88 Å². The van der Waals surface area contributed by atoms with Gasteiger partial charge in [0.05, 0.1) is 16.0 Å². The van der Waals surface area contributed by atoms with E-state index in [0.29, 0.717) is 10.9 Å². The van der Waals surface area contributed by atoms with Crippen molar-refractivity contribution in [2.45, 2.75) is 37.6 Å². The lowest BCUT2D eigenvalue weighted by Crippen LogP contribution is -2.45. The maximum Gasteiger partial charge on any atom is 0.179 e. The minimum atomic E-state index is -3.30. The molecule has 0 atom stereocenters. The summed E-state index contributed by atoms with van der Waals surface area (Å²) in [7, 11) is -1.29. The molecule has 27 heavy (non-hydrogen) atoms. The molecule has 0 radical (unpaired) electrons. The molecule has 3 aromatic rings. The third-order valence-corrected chi connectivity index (χ3v) is 7.64. The van der Waals surface area contributed by atoms with Crippen LogP contribution in [-0.2, 0) is 9.84 Å². The largest absolute Gasteiger partial charge is 0.356 e. The summed E-state index contributed by atoms with van der Waals surface area (Å²) in [5.74, 6) is 1.23. The minimum Gasteiger partial charge on any atom is -0.356 e. The Morgan fingerprint density at radius 1 is 1.19 bits per heavy atom. The highest BCUT2D eigenvalue weighted by molar-refractivity contribution is 7.91. The van der Waals surface area contributed by atoms with Crippen molar-refractivity contribution in [3.05, 3.63) is 42.1 Å². The number of nitrogens with one attached hydrogen (secondary N) is 1. The van der Waals surface area contributed by atoms with Gasteiger partial charge in [-0.2, -0.15) is 0 Å². The molecule has 8 heteroatoms. The van der Waals surface area contributed by atoms with Crippen molar-refractivity contribution in [2.75, 3.05) is 17.7 Å². The molecule has 0 spiro atoms. The number of rotatable bonds is 5. The molecule has 3 aromatic heterocycles. The highest BCUT2D eigenvalue weighted by Crippen LogP contribution is 2.37. The van der Waals surface area contributed by atoms with Gasteiger partial charge in [-0.15, -0.1) is 0 Å². The Bertz CT molecular complexity index is 1090. The molecule has 1 aliphatic rings. The Balaban J connectivity index is 1.45. The van der Waals surface area contributed by atoms with Crippen LogP contribution in [0.2, 0.25) is 0 Å². The van der Waals surface area contributed by atoms with Crippen molar-refractivity contribution >= 4 is 26.7 Å². The first kappa shape index (κ1) is 17.9. The summed E-state index contributed by atoms with van der Waals surface area (Å²) in [6.07, 6.45) is 6.67. The van der Waals surface area contributed by atoms with Crippen molar-refractivity contribution in [1.29, 1.82) is 0 Å². The molecule has 0 amide bonds. The van der Waals surface area contributed by atoms with Crippen LogP contribution in [0.25, 0.3) is 11.0 Å². The number of nitrogens with zero attached hydrogens (tertiary/aromatic N) is 4. The summed E-state index contributed by atoms with van der Waals surface area (Å²) < 4.78 is 25.7. The monoisotopic (exact) mass is 385 g/mol. The minimum absolute atomic E-state index is 0.166. The number of aryl methyl sites for hydroxylation is 1. The van der Waals surface area contributed by atoms with Crippen molar-refractivity contribution in [1.82, 2.24) is 19.9 Å². The second kappa shape index (κ2) is 6.60. The number of aromatic amines is 1. The first-order chi connectivity index (χ1) is 12.9. The van der Waals surface area contributed by atoms with E-state index in [9.17, 15) is 8.42 Å². The van der Waals surface area contributed by atoms with Crippen LogP contribution in [0, 0.1) is 19.8 Å². The fourth-order valence-corrected chi connectivity index (χ4v) is 5.77. The molecular formula is C19H23N5O2S. The summed E-state index contributed by atoms with van der Waals surface area (Å²) >= 11 is 0. The zero-order valence-corrected chi connectivity index (χ0v) is 16.5. The van der Waals surface area contributed by atoms with Crippen LogP contribution < -0.4 is 4.90 Å². The van der Waals surface area contributed by atoms with E-state index in [1.54, 1.807) is 18.6 Å². The number of fused-ring (bicyclic) bond motifs is 1. The van der Waals surface area contributed by atoms with Crippen molar-refractivity contribution in [2.24, 2.45) is 5.92 Å². The number of pyridine rings is 1. The highest BCUT2D eigenvalue weighted by Gasteiger charge is 2.36. The maximum atomic E-state index is 12.8. The van der Waals surface area contributed by atoms with Crippen molar-refractivity contribution in [3.8, 4) is 0 Å². The third-order valence-electron chi connectivity index (χ3n) is 5.62. The molecule has 0 bridgehead atoms. The molecule has 0 aromatic carbocycles. The van der Waals surface area contributed by atoms with E-state index in [0.717, 1.165) is 41.0 Å². The fraction of sp³-hybridized carbons (Fsp3) is 0.421. The SMILES string of the molecule is Cc1nccc(S(=O)(=O)CC2CC(N(C)c3ncnc4[nH]ccc34)C2)c1C. The summed E-state index contributed by atoms with van der Waals surface area (Å²) in [6, 6.07) is 3.87. The summed E-state index contributed by atoms with van der Waals surface area (Å²) in [5.41, 5.74) is 2.33. The van der Waals surface area contributed by atoms with E-state index in [1.807, 2.05) is 33.2 Å². The lowest BCUT2D eigenvalue weighted by Gasteiger charge is -2.41. The van der Waals surface area contributed by atoms with E-state index in [1.165, 1.54) is 0 Å². The Hall–Kier alpha value is -2.48. The topological polar surface area (TPSA) is 91.8 Å². The standard InChI is InChI=1S/C19H23N5O2S/c1-12-13(2)20-7-5-17(12)27(25,26)10-14-8-15(9-14)24(3)19-16-4-6-21-18(16)22-11-23-19/h4-7,11,14-15H,8-10H2,1-3H3,(H,21,22,23). The zero-order chi connectivity index (χ0) is 19.2. The van der Waals surface area contributed by atoms with E-state index in [4.69, 9.17) is 0 Å². The van der Waals surface area contributed by atoms with Crippen LogP contribution in [0.15, 0.2) is 35.7 Å². The van der Waals surface area contributed by atoms with Crippen LogP contribution in [0.5, 0.6) is 0 Å². The number of hydrogen-bond donors (Lipinski definition) is 1. The summed E-state index contributed by atoms with van der Waals surface area (Å²) in [5, 5.41) is 0.985. The molecular weight excluding hydrogens is 362 g/mol. The quantitative estimate of drug-likeness (QED) is 0.726. The van der Waals surface area contributed by atoms with Crippen molar-refractivity contribution in [3.63, 3.8) is 0 Å². The normalized spacial score (nSPS) is 19.8. The van der Waals surface area contributed by atoms with Gasteiger partial charge >= 0.3 is 0 Å². The first-order valence-corrected chi connectivity index (χ1v) is 10.7. The second-order valence-corrected chi connectivity index (χ2v) is 9.34. The van der Waals surface area contributed by atoms with E-state index < -0.39 is 9.84 Å². The van der Waals surface area contributed by atoms with E-state index >= 15 is 0 Å². The number of aromatic nitrogens is 4. The molecule has 142 valence electrons. The zero-order valence-electron chi connectivity index (χ0n) is 15.7. The van der Waals surface area contributed by atoms with Crippen LogP contribution in [0.1, 0.15) is 24.1 Å². The van der Waals surface area contributed by atoms with Gasteiger partial charge in [-0.05, 0) is 50.3 Å².